The van der Waals surface area contributed by atoms with Crippen LogP contribution in [0.25, 0.3) is 0 Å². The predicted molar refractivity (Wildman–Crippen MR) is 69.5 cm³/mol. The monoisotopic (exact) mass is 315 g/mol. The van der Waals surface area contributed by atoms with E-state index in [0.717, 1.165) is 10.0 Å². The van der Waals surface area contributed by atoms with Crippen molar-refractivity contribution in [1.82, 2.24) is 5.32 Å². The summed E-state index contributed by atoms with van der Waals surface area (Å²) in [6, 6.07) is 4.03. The van der Waals surface area contributed by atoms with Gasteiger partial charge in [0, 0.05) is 23.1 Å². The Labute approximate surface area is 113 Å². The highest BCUT2D eigenvalue weighted by Crippen LogP contribution is 2.16. The summed E-state index contributed by atoms with van der Waals surface area (Å²) >= 11 is 3.29. The highest BCUT2D eigenvalue weighted by molar-refractivity contribution is 9.10. The number of carboxylic acid groups (broad SMARTS) is 1. The van der Waals surface area contributed by atoms with E-state index in [2.05, 4.69) is 21.2 Å². The Hall–Kier alpha value is -1.40. The van der Waals surface area contributed by atoms with Gasteiger partial charge < -0.3 is 15.5 Å². The molecule has 1 amide bonds. The van der Waals surface area contributed by atoms with E-state index >= 15 is 0 Å². The van der Waals surface area contributed by atoms with E-state index in [9.17, 15) is 9.59 Å². The van der Waals surface area contributed by atoms with E-state index in [1.807, 2.05) is 0 Å². The van der Waals surface area contributed by atoms with E-state index in [1.165, 1.54) is 0 Å². The zero-order valence-corrected chi connectivity index (χ0v) is 11.4. The van der Waals surface area contributed by atoms with Crippen molar-refractivity contribution >= 4 is 27.8 Å². The quantitative estimate of drug-likeness (QED) is 0.765. The number of aliphatic hydroxyl groups excluding tert-OH is 1. The molecule has 98 valence electrons. The van der Waals surface area contributed by atoms with Crippen molar-refractivity contribution in [2.75, 3.05) is 6.61 Å². The zero-order valence-electron chi connectivity index (χ0n) is 9.81. The number of aliphatic hydroxyl groups is 1. The highest BCUT2D eigenvalue weighted by Gasteiger charge is 2.20. The summed E-state index contributed by atoms with van der Waals surface area (Å²) in [5.74, 6) is -1.62. The lowest BCUT2D eigenvalue weighted by molar-refractivity contribution is -0.139. The SMILES string of the molecule is Cc1cc(Br)ccc1C(=O)N[C@@H](CCO)C(=O)O. The van der Waals surface area contributed by atoms with Crippen LogP contribution in [0.3, 0.4) is 0 Å². The second-order valence-electron chi connectivity index (χ2n) is 3.84. The molecular formula is C12H14BrNO4. The lowest BCUT2D eigenvalue weighted by Crippen LogP contribution is -2.41. The van der Waals surface area contributed by atoms with Gasteiger partial charge >= 0.3 is 5.97 Å². The van der Waals surface area contributed by atoms with E-state index in [0.29, 0.717) is 5.56 Å². The van der Waals surface area contributed by atoms with Crippen LogP contribution >= 0.6 is 15.9 Å². The summed E-state index contributed by atoms with van der Waals surface area (Å²) in [6.07, 6.45) is -0.0172. The molecular weight excluding hydrogens is 302 g/mol. The number of carboxylic acids is 1. The van der Waals surface area contributed by atoms with E-state index < -0.39 is 17.9 Å². The van der Waals surface area contributed by atoms with Crippen LogP contribution in [0.15, 0.2) is 22.7 Å². The predicted octanol–water partition coefficient (Wildman–Crippen LogP) is 1.32. The van der Waals surface area contributed by atoms with Crippen molar-refractivity contribution in [3.05, 3.63) is 33.8 Å². The molecule has 0 bridgehead atoms. The summed E-state index contributed by atoms with van der Waals surface area (Å²) in [5, 5.41) is 20.0. The van der Waals surface area contributed by atoms with Gasteiger partial charge in [-0.1, -0.05) is 15.9 Å². The molecule has 1 aromatic rings. The Balaban J connectivity index is 2.83. The zero-order chi connectivity index (χ0) is 13.7. The second kappa shape index (κ2) is 6.51. The first-order chi connectivity index (χ1) is 8.45. The summed E-state index contributed by atoms with van der Waals surface area (Å²) in [7, 11) is 0. The van der Waals surface area contributed by atoms with Gasteiger partial charge in [-0.15, -0.1) is 0 Å². The van der Waals surface area contributed by atoms with Crippen LogP contribution < -0.4 is 5.32 Å². The average Bonchev–Trinajstić information content (AvgIpc) is 2.27. The number of halogens is 1. The molecule has 0 unspecified atom stereocenters. The Bertz CT molecular complexity index is 461. The summed E-state index contributed by atoms with van der Waals surface area (Å²) in [6.45, 7) is 1.47. The van der Waals surface area contributed by atoms with Crippen molar-refractivity contribution in [2.24, 2.45) is 0 Å². The molecule has 6 heteroatoms. The molecule has 1 rings (SSSR count). The number of carbonyl (C=O) groups is 2. The largest absolute Gasteiger partial charge is 0.480 e. The van der Waals surface area contributed by atoms with Crippen LogP contribution in [0.4, 0.5) is 0 Å². The number of aliphatic carboxylic acids is 1. The minimum absolute atomic E-state index is 0.0172. The normalized spacial score (nSPS) is 11.9. The van der Waals surface area contributed by atoms with E-state index in [4.69, 9.17) is 10.2 Å². The summed E-state index contributed by atoms with van der Waals surface area (Å²) < 4.78 is 0.849. The topological polar surface area (TPSA) is 86.6 Å². The molecule has 0 radical (unpaired) electrons. The molecule has 0 fully saturated rings. The molecule has 0 spiro atoms. The van der Waals surface area contributed by atoms with Gasteiger partial charge in [0.2, 0.25) is 0 Å². The first-order valence-electron chi connectivity index (χ1n) is 5.36. The molecule has 0 aliphatic carbocycles. The van der Waals surface area contributed by atoms with Gasteiger partial charge in [0.05, 0.1) is 0 Å². The molecule has 18 heavy (non-hydrogen) atoms. The number of benzene rings is 1. The van der Waals surface area contributed by atoms with Gasteiger partial charge in [0.1, 0.15) is 6.04 Å². The van der Waals surface area contributed by atoms with Crippen molar-refractivity contribution < 1.29 is 19.8 Å². The van der Waals surface area contributed by atoms with Gasteiger partial charge in [-0.05, 0) is 30.7 Å². The number of carbonyl (C=O) groups excluding carboxylic acids is 1. The Morgan fingerprint density at radius 2 is 2.11 bits per heavy atom. The molecule has 5 nitrogen and oxygen atoms in total. The van der Waals surface area contributed by atoms with Crippen LogP contribution in [0.1, 0.15) is 22.3 Å². The smallest absolute Gasteiger partial charge is 0.326 e. The third kappa shape index (κ3) is 3.82. The standard InChI is InChI=1S/C12H14BrNO4/c1-7-6-8(13)2-3-9(7)11(16)14-10(4-5-15)12(17)18/h2-3,6,10,15H,4-5H2,1H3,(H,14,16)(H,17,18)/t10-/m0/s1. The van der Waals surface area contributed by atoms with Crippen LogP contribution in [-0.4, -0.2) is 34.7 Å². The number of aryl methyl sites for hydroxylation is 1. The number of hydrogen-bond donors (Lipinski definition) is 3. The van der Waals surface area contributed by atoms with Crippen molar-refractivity contribution in [3.63, 3.8) is 0 Å². The first-order valence-corrected chi connectivity index (χ1v) is 6.15. The number of hydrogen-bond acceptors (Lipinski definition) is 3. The maximum Gasteiger partial charge on any atom is 0.326 e. The van der Waals surface area contributed by atoms with Crippen LogP contribution in [-0.2, 0) is 4.79 Å². The third-order valence-electron chi connectivity index (χ3n) is 2.45. The maximum absolute atomic E-state index is 11.9. The van der Waals surface area contributed by atoms with Gasteiger partial charge in [-0.3, -0.25) is 4.79 Å². The lowest BCUT2D eigenvalue weighted by atomic mass is 10.1. The Morgan fingerprint density at radius 1 is 1.44 bits per heavy atom. The molecule has 0 aliphatic heterocycles. The summed E-state index contributed by atoms with van der Waals surface area (Å²) in [5.41, 5.74) is 1.16. The minimum atomic E-state index is -1.16. The van der Waals surface area contributed by atoms with Crippen LogP contribution in [0.2, 0.25) is 0 Å². The maximum atomic E-state index is 11.9. The Morgan fingerprint density at radius 3 is 2.61 bits per heavy atom. The second-order valence-corrected chi connectivity index (χ2v) is 4.75. The number of rotatable bonds is 5. The van der Waals surface area contributed by atoms with E-state index in [-0.39, 0.29) is 13.0 Å². The van der Waals surface area contributed by atoms with Crippen LogP contribution in [0, 0.1) is 6.92 Å². The highest BCUT2D eigenvalue weighted by atomic mass is 79.9. The molecule has 0 heterocycles. The summed E-state index contributed by atoms with van der Waals surface area (Å²) in [4.78, 5) is 22.8. The average molecular weight is 316 g/mol. The van der Waals surface area contributed by atoms with E-state index in [1.54, 1.807) is 25.1 Å². The third-order valence-corrected chi connectivity index (χ3v) is 2.95. The van der Waals surface area contributed by atoms with Gasteiger partial charge in [-0.25, -0.2) is 4.79 Å². The van der Waals surface area contributed by atoms with Crippen molar-refractivity contribution in [2.45, 2.75) is 19.4 Å². The lowest BCUT2D eigenvalue weighted by Gasteiger charge is -2.14. The molecule has 1 atom stereocenters. The molecule has 0 aromatic heterocycles. The fourth-order valence-corrected chi connectivity index (χ4v) is 1.98. The van der Waals surface area contributed by atoms with Crippen LogP contribution in [0.5, 0.6) is 0 Å². The first kappa shape index (κ1) is 14.7. The molecule has 1 aromatic carbocycles. The minimum Gasteiger partial charge on any atom is -0.480 e. The molecule has 0 saturated carbocycles. The number of amides is 1. The molecule has 0 aliphatic rings. The van der Waals surface area contributed by atoms with Gasteiger partial charge in [0.25, 0.3) is 5.91 Å². The molecule has 0 saturated heterocycles. The van der Waals surface area contributed by atoms with Crippen molar-refractivity contribution in [3.8, 4) is 0 Å². The van der Waals surface area contributed by atoms with Gasteiger partial charge in [0.15, 0.2) is 0 Å². The van der Waals surface area contributed by atoms with Gasteiger partial charge in [-0.2, -0.15) is 0 Å². The number of nitrogens with one attached hydrogen (secondary N) is 1. The Kier molecular flexibility index (Phi) is 5.30. The fourth-order valence-electron chi connectivity index (χ4n) is 1.50. The molecule has 3 N–H and O–H groups in total. The fraction of sp³-hybridized carbons (Fsp3) is 0.333. The van der Waals surface area contributed by atoms with Crippen molar-refractivity contribution in [1.29, 1.82) is 0 Å².